The van der Waals surface area contributed by atoms with E-state index in [9.17, 15) is 14.0 Å². The van der Waals surface area contributed by atoms with E-state index >= 15 is 0 Å². The van der Waals surface area contributed by atoms with E-state index in [0.29, 0.717) is 32.8 Å². The minimum absolute atomic E-state index is 0.192. The third kappa shape index (κ3) is 4.57. The van der Waals surface area contributed by atoms with E-state index in [0.717, 1.165) is 5.75 Å². The largest absolute Gasteiger partial charge is 0.457 e. The summed E-state index contributed by atoms with van der Waals surface area (Å²) in [6.45, 7) is -0.192. The smallest absolute Gasteiger partial charge is 0.263 e. The number of ether oxygens (including phenoxy) is 1. The lowest BCUT2D eigenvalue weighted by molar-refractivity contribution is -0.116. The Morgan fingerprint density at radius 2 is 1.68 bits per heavy atom. The van der Waals surface area contributed by atoms with Gasteiger partial charge in [-0.25, -0.2) is 9.37 Å². The molecule has 2 aromatic heterocycles. The van der Waals surface area contributed by atoms with Crippen LogP contribution in [0.1, 0.15) is 0 Å². The summed E-state index contributed by atoms with van der Waals surface area (Å²) in [6, 6.07) is 22.3. The molecule has 5 rings (SSSR count). The van der Waals surface area contributed by atoms with E-state index in [2.05, 4.69) is 10.3 Å². The van der Waals surface area contributed by atoms with Gasteiger partial charge in [0.15, 0.2) is 0 Å². The number of aromatic nitrogens is 2. The fourth-order valence-corrected chi connectivity index (χ4v) is 4.41. The topological polar surface area (TPSA) is 73.2 Å². The summed E-state index contributed by atoms with van der Waals surface area (Å²) in [5, 5.41) is 5.01. The summed E-state index contributed by atoms with van der Waals surface area (Å²) < 4.78 is 20.3. The maximum atomic E-state index is 13.3. The maximum Gasteiger partial charge on any atom is 0.263 e. The van der Waals surface area contributed by atoms with Crippen molar-refractivity contribution >= 4 is 33.1 Å². The van der Waals surface area contributed by atoms with Crippen LogP contribution in [0.5, 0.6) is 11.5 Å². The van der Waals surface area contributed by atoms with Crippen molar-refractivity contribution in [1.29, 1.82) is 0 Å². The van der Waals surface area contributed by atoms with Crippen LogP contribution in [0.4, 0.5) is 10.1 Å². The van der Waals surface area contributed by atoms with Crippen molar-refractivity contribution in [3.8, 4) is 22.6 Å². The Bertz CT molecular complexity index is 1510. The van der Waals surface area contributed by atoms with Crippen LogP contribution < -0.4 is 15.6 Å². The van der Waals surface area contributed by atoms with Crippen molar-refractivity contribution in [2.75, 3.05) is 5.32 Å². The number of nitrogens with one attached hydrogen (secondary N) is 1. The number of carbonyl (C=O) groups excluding carboxylic acids is 1. The third-order valence-corrected chi connectivity index (χ3v) is 6.03. The zero-order chi connectivity index (χ0) is 23.5. The molecule has 34 heavy (non-hydrogen) atoms. The summed E-state index contributed by atoms with van der Waals surface area (Å²) in [6.07, 6.45) is 1.37. The molecule has 0 spiro atoms. The SMILES string of the molecule is O=C(Cn1cnc2scc(-c3ccc(F)cc3)c2c1=O)Nc1ccc(Oc2ccccc2)cc1. The predicted octanol–water partition coefficient (Wildman–Crippen LogP) is 5.70. The monoisotopic (exact) mass is 471 g/mol. The second-order valence-electron chi connectivity index (χ2n) is 7.50. The van der Waals surface area contributed by atoms with Gasteiger partial charge in [0.25, 0.3) is 5.56 Å². The number of amides is 1. The number of hydrogen-bond donors (Lipinski definition) is 1. The molecule has 0 saturated carbocycles. The van der Waals surface area contributed by atoms with Crippen molar-refractivity contribution in [3.63, 3.8) is 0 Å². The van der Waals surface area contributed by atoms with E-state index in [-0.39, 0.29) is 23.8 Å². The van der Waals surface area contributed by atoms with Crippen LogP contribution in [0, 0.1) is 5.82 Å². The lowest BCUT2D eigenvalue weighted by Crippen LogP contribution is -2.27. The molecular formula is C26H18FN3O3S. The number of anilines is 1. The molecule has 0 aliphatic rings. The third-order valence-electron chi connectivity index (χ3n) is 5.15. The van der Waals surface area contributed by atoms with Gasteiger partial charge in [-0.2, -0.15) is 0 Å². The Morgan fingerprint density at radius 1 is 0.971 bits per heavy atom. The second kappa shape index (κ2) is 9.29. The number of carbonyl (C=O) groups is 1. The van der Waals surface area contributed by atoms with Crippen LogP contribution in [0.15, 0.2) is 95.4 Å². The molecule has 6 nitrogen and oxygen atoms in total. The zero-order valence-corrected chi connectivity index (χ0v) is 18.6. The van der Waals surface area contributed by atoms with Gasteiger partial charge in [-0.05, 0) is 54.1 Å². The number of thiophene rings is 1. The molecular weight excluding hydrogens is 453 g/mol. The van der Waals surface area contributed by atoms with Gasteiger partial charge in [0, 0.05) is 16.6 Å². The van der Waals surface area contributed by atoms with Crippen molar-refractivity contribution in [3.05, 3.63) is 107 Å². The van der Waals surface area contributed by atoms with Crippen molar-refractivity contribution in [2.24, 2.45) is 0 Å². The molecule has 2 heterocycles. The molecule has 0 saturated heterocycles. The van der Waals surface area contributed by atoms with Crippen LogP contribution in [-0.2, 0) is 11.3 Å². The van der Waals surface area contributed by atoms with Gasteiger partial charge in [-0.15, -0.1) is 11.3 Å². The first-order valence-corrected chi connectivity index (χ1v) is 11.3. The molecule has 1 amide bonds. The minimum atomic E-state index is -0.362. The second-order valence-corrected chi connectivity index (χ2v) is 8.36. The summed E-state index contributed by atoms with van der Waals surface area (Å²) in [7, 11) is 0. The van der Waals surface area contributed by atoms with Crippen LogP contribution >= 0.6 is 11.3 Å². The molecule has 8 heteroatoms. The lowest BCUT2D eigenvalue weighted by atomic mass is 10.1. The van der Waals surface area contributed by atoms with Crippen LogP contribution in [-0.4, -0.2) is 15.5 Å². The van der Waals surface area contributed by atoms with E-state index in [4.69, 9.17) is 4.74 Å². The molecule has 168 valence electrons. The number of fused-ring (bicyclic) bond motifs is 1. The number of benzene rings is 3. The number of para-hydroxylation sites is 1. The maximum absolute atomic E-state index is 13.3. The molecule has 3 aromatic carbocycles. The predicted molar refractivity (Wildman–Crippen MR) is 131 cm³/mol. The first-order valence-electron chi connectivity index (χ1n) is 10.4. The standard InChI is InChI=1S/C26H18FN3O3S/c27-18-8-6-17(7-9-18)22-15-34-25-24(22)26(32)30(16-28-25)14-23(31)29-19-10-12-21(13-11-19)33-20-4-2-1-3-5-20/h1-13,15-16H,14H2,(H,29,31). The fraction of sp³-hybridized carbons (Fsp3) is 0.0385. The van der Waals surface area contributed by atoms with E-state index in [1.807, 2.05) is 35.7 Å². The highest BCUT2D eigenvalue weighted by Gasteiger charge is 2.15. The molecule has 5 aromatic rings. The number of nitrogens with zero attached hydrogens (tertiary/aromatic N) is 2. The molecule has 0 fully saturated rings. The average molecular weight is 472 g/mol. The molecule has 0 aliphatic carbocycles. The summed E-state index contributed by atoms with van der Waals surface area (Å²) in [4.78, 5) is 30.6. The van der Waals surface area contributed by atoms with Crippen LogP contribution in [0.2, 0.25) is 0 Å². The molecule has 0 bridgehead atoms. The molecule has 0 radical (unpaired) electrons. The Labute approximate surface area is 197 Å². The Hall–Kier alpha value is -4.30. The number of rotatable bonds is 6. The van der Waals surface area contributed by atoms with Crippen LogP contribution in [0.3, 0.4) is 0 Å². The van der Waals surface area contributed by atoms with Crippen molar-refractivity contribution in [1.82, 2.24) is 9.55 Å². The van der Waals surface area contributed by atoms with Crippen molar-refractivity contribution in [2.45, 2.75) is 6.54 Å². The van der Waals surface area contributed by atoms with Crippen LogP contribution in [0.25, 0.3) is 21.3 Å². The van der Waals surface area contributed by atoms with Crippen molar-refractivity contribution < 1.29 is 13.9 Å². The first-order chi connectivity index (χ1) is 16.6. The Morgan fingerprint density at radius 3 is 2.41 bits per heavy atom. The van der Waals surface area contributed by atoms with Gasteiger partial charge in [0.05, 0.1) is 11.7 Å². The Balaban J connectivity index is 1.31. The minimum Gasteiger partial charge on any atom is -0.457 e. The first kappa shape index (κ1) is 21.5. The van der Waals surface area contributed by atoms with Gasteiger partial charge < -0.3 is 10.1 Å². The highest BCUT2D eigenvalue weighted by molar-refractivity contribution is 7.17. The van der Waals surface area contributed by atoms with Gasteiger partial charge in [-0.1, -0.05) is 30.3 Å². The quantitative estimate of drug-likeness (QED) is 0.345. The fourth-order valence-electron chi connectivity index (χ4n) is 3.51. The van der Waals surface area contributed by atoms with E-state index in [1.54, 1.807) is 36.4 Å². The number of halogens is 1. The average Bonchev–Trinajstić information content (AvgIpc) is 3.28. The van der Waals surface area contributed by atoms with Gasteiger partial charge in [0.2, 0.25) is 5.91 Å². The summed E-state index contributed by atoms with van der Waals surface area (Å²) in [5.41, 5.74) is 1.63. The summed E-state index contributed by atoms with van der Waals surface area (Å²) >= 11 is 1.33. The van der Waals surface area contributed by atoms with Gasteiger partial charge in [-0.3, -0.25) is 14.2 Å². The van der Waals surface area contributed by atoms with E-state index in [1.165, 1.54) is 34.4 Å². The number of hydrogen-bond acceptors (Lipinski definition) is 5. The lowest BCUT2D eigenvalue weighted by Gasteiger charge is -2.09. The highest BCUT2D eigenvalue weighted by Crippen LogP contribution is 2.30. The Kier molecular flexibility index (Phi) is 5.88. The molecule has 0 aliphatic heterocycles. The molecule has 0 unspecified atom stereocenters. The normalized spacial score (nSPS) is 10.9. The van der Waals surface area contributed by atoms with E-state index < -0.39 is 0 Å². The summed E-state index contributed by atoms with van der Waals surface area (Å²) in [5.74, 6) is 0.643. The van der Waals surface area contributed by atoms with Gasteiger partial charge >= 0.3 is 0 Å². The molecule has 0 atom stereocenters. The molecule has 1 N–H and O–H groups in total. The van der Waals surface area contributed by atoms with Gasteiger partial charge in [0.1, 0.15) is 28.7 Å². The highest BCUT2D eigenvalue weighted by atomic mass is 32.1. The zero-order valence-electron chi connectivity index (χ0n) is 17.8.